The maximum absolute atomic E-state index is 10.6. The van der Waals surface area contributed by atoms with E-state index in [1.54, 1.807) is 18.5 Å². The van der Waals surface area contributed by atoms with E-state index >= 15 is 0 Å². The lowest BCUT2D eigenvalue weighted by atomic mass is 10.2. The van der Waals surface area contributed by atoms with Gasteiger partial charge in [-0.1, -0.05) is 0 Å². The van der Waals surface area contributed by atoms with Crippen molar-refractivity contribution in [2.45, 2.75) is 6.42 Å². The smallest absolute Gasteiger partial charge is 0.223 e. The number of aromatic nitrogens is 3. The fraction of sp³-hybridized carbons (Fsp3) is 0.125. The Bertz CT molecular complexity index is 448. The Labute approximate surface area is 74.0 Å². The lowest BCUT2D eigenvalue weighted by Crippen LogP contribution is -2.14. The Hall–Kier alpha value is -1.91. The highest BCUT2D eigenvalue weighted by molar-refractivity contribution is 5.80. The van der Waals surface area contributed by atoms with E-state index in [0.717, 1.165) is 10.9 Å². The van der Waals surface area contributed by atoms with E-state index in [9.17, 15) is 4.79 Å². The number of fused-ring (bicyclic) bond motifs is 1. The fourth-order valence-corrected chi connectivity index (χ4v) is 1.16. The molecule has 0 saturated carbocycles. The number of hydrogen-bond donors (Lipinski definition) is 2. The number of hydrogen-bond acceptors (Lipinski definition) is 3. The molecule has 0 saturated heterocycles. The number of aromatic amines is 1. The Morgan fingerprint density at radius 1 is 1.54 bits per heavy atom. The van der Waals surface area contributed by atoms with Gasteiger partial charge < -0.3 is 5.73 Å². The molecule has 5 heteroatoms. The van der Waals surface area contributed by atoms with Crippen LogP contribution in [0, 0.1) is 0 Å². The Kier molecular flexibility index (Phi) is 1.70. The third kappa shape index (κ3) is 1.48. The van der Waals surface area contributed by atoms with Crippen LogP contribution < -0.4 is 5.73 Å². The van der Waals surface area contributed by atoms with Gasteiger partial charge in [-0.3, -0.25) is 14.9 Å². The van der Waals surface area contributed by atoms with Crippen LogP contribution in [-0.4, -0.2) is 21.1 Å². The summed E-state index contributed by atoms with van der Waals surface area (Å²) >= 11 is 0. The molecule has 0 atom stereocenters. The maximum atomic E-state index is 10.6. The summed E-state index contributed by atoms with van der Waals surface area (Å²) in [7, 11) is 0. The molecule has 2 aromatic rings. The Morgan fingerprint density at radius 3 is 3.15 bits per heavy atom. The quantitative estimate of drug-likeness (QED) is 0.674. The van der Waals surface area contributed by atoms with Gasteiger partial charge in [-0.2, -0.15) is 5.10 Å². The van der Waals surface area contributed by atoms with Crippen molar-refractivity contribution in [1.29, 1.82) is 0 Å². The van der Waals surface area contributed by atoms with Crippen LogP contribution in [-0.2, 0) is 11.2 Å². The molecule has 2 rings (SSSR count). The highest BCUT2D eigenvalue weighted by Crippen LogP contribution is 2.09. The van der Waals surface area contributed by atoms with Gasteiger partial charge in [0.2, 0.25) is 5.91 Å². The molecule has 2 heterocycles. The first-order valence-corrected chi connectivity index (χ1v) is 3.82. The van der Waals surface area contributed by atoms with Gasteiger partial charge in [-0.15, -0.1) is 0 Å². The SMILES string of the molecule is NC(=O)Cc1cc2[nH]ncc2cn1. The van der Waals surface area contributed by atoms with Crippen LogP contribution in [0.3, 0.4) is 0 Å². The van der Waals surface area contributed by atoms with E-state index < -0.39 is 0 Å². The standard InChI is InChI=1S/C8H8N4O/c9-8(13)2-6-1-7-5(3-10-6)4-11-12-7/h1,3-4H,2H2,(H2,9,13)(H,11,12). The fourth-order valence-electron chi connectivity index (χ4n) is 1.16. The molecule has 0 unspecified atom stereocenters. The molecule has 0 aromatic carbocycles. The summed E-state index contributed by atoms with van der Waals surface area (Å²) in [6.07, 6.45) is 3.50. The lowest BCUT2D eigenvalue weighted by Gasteiger charge is -1.95. The average Bonchev–Trinajstić information content (AvgIpc) is 2.49. The van der Waals surface area contributed by atoms with E-state index in [0.29, 0.717) is 5.69 Å². The molecule has 0 radical (unpaired) electrons. The predicted octanol–water partition coefficient (Wildman–Crippen LogP) is -0.0143. The van der Waals surface area contributed by atoms with Crippen LogP contribution in [0.15, 0.2) is 18.5 Å². The summed E-state index contributed by atoms with van der Waals surface area (Å²) in [4.78, 5) is 14.7. The molecular formula is C8H8N4O. The zero-order valence-corrected chi connectivity index (χ0v) is 6.82. The molecule has 0 fully saturated rings. The minimum Gasteiger partial charge on any atom is -0.369 e. The van der Waals surface area contributed by atoms with Gasteiger partial charge in [0.05, 0.1) is 23.8 Å². The largest absolute Gasteiger partial charge is 0.369 e. The highest BCUT2D eigenvalue weighted by Gasteiger charge is 2.02. The van der Waals surface area contributed by atoms with Crippen molar-refractivity contribution in [3.05, 3.63) is 24.2 Å². The molecule has 5 nitrogen and oxygen atoms in total. The van der Waals surface area contributed by atoms with E-state index in [-0.39, 0.29) is 12.3 Å². The number of H-pyrrole nitrogens is 1. The summed E-state index contributed by atoms with van der Waals surface area (Å²) in [6, 6.07) is 1.77. The lowest BCUT2D eigenvalue weighted by molar-refractivity contribution is -0.117. The summed E-state index contributed by atoms with van der Waals surface area (Å²) < 4.78 is 0. The molecule has 2 aromatic heterocycles. The van der Waals surface area contributed by atoms with E-state index in [1.807, 2.05) is 0 Å². The molecule has 0 aliphatic carbocycles. The predicted molar refractivity (Wildman–Crippen MR) is 46.8 cm³/mol. The number of nitrogens with two attached hydrogens (primary N) is 1. The number of pyridine rings is 1. The van der Waals surface area contributed by atoms with Gasteiger partial charge in [0.25, 0.3) is 0 Å². The summed E-state index contributed by atoms with van der Waals surface area (Å²) in [5.41, 5.74) is 6.56. The molecule has 13 heavy (non-hydrogen) atoms. The number of nitrogens with zero attached hydrogens (tertiary/aromatic N) is 2. The molecule has 0 aliphatic rings. The topological polar surface area (TPSA) is 84.7 Å². The first-order chi connectivity index (χ1) is 6.25. The van der Waals surface area contributed by atoms with Crippen molar-refractivity contribution >= 4 is 16.8 Å². The molecule has 0 bridgehead atoms. The van der Waals surface area contributed by atoms with Crippen molar-refractivity contribution in [1.82, 2.24) is 15.2 Å². The van der Waals surface area contributed by atoms with E-state index in [2.05, 4.69) is 15.2 Å². The van der Waals surface area contributed by atoms with Gasteiger partial charge in [0.1, 0.15) is 0 Å². The third-order valence-corrected chi connectivity index (χ3v) is 1.74. The number of nitrogens with one attached hydrogen (secondary N) is 1. The number of rotatable bonds is 2. The second kappa shape index (κ2) is 2.85. The Morgan fingerprint density at radius 2 is 2.38 bits per heavy atom. The van der Waals surface area contributed by atoms with Crippen LogP contribution >= 0.6 is 0 Å². The van der Waals surface area contributed by atoms with E-state index in [4.69, 9.17) is 5.73 Å². The van der Waals surface area contributed by atoms with Crippen LogP contribution in [0.5, 0.6) is 0 Å². The average molecular weight is 176 g/mol. The number of primary amides is 1. The van der Waals surface area contributed by atoms with Gasteiger partial charge in [-0.25, -0.2) is 0 Å². The van der Waals surface area contributed by atoms with E-state index in [1.165, 1.54) is 0 Å². The second-order valence-corrected chi connectivity index (χ2v) is 2.78. The van der Waals surface area contributed by atoms with Crippen molar-refractivity contribution in [3.8, 4) is 0 Å². The molecular weight excluding hydrogens is 168 g/mol. The molecule has 0 spiro atoms. The number of amides is 1. The zero-order valence-electron chi connectivity index (χ0n) is 6.82. The van der Waals surface area contributed by atoms with Crippen molar-refractivity contribution in [2.75, 3.05) is 0 Å². The minimum absolute atomic E-state index is 0.162. The second-order valence-electron chi connectivity index (χ2n) is 2.78. The first-order valence-electron chi connectivity index (χ1n) is 3.82. The van der Waals surface area contributed by atoms with Crippen LogP contribution in [0.2, 0.25) is 0 Å². The first kappa shape index (κ1) is 7.72. The molecule has 3 N–H and O–H groups in total. The summed E-state index contributed by atoms with van der Waals surface area (Å²) in [6.45, 7) is 0. The maximum Gasteiger partial charge on any atom is 0.223 e. The highest BCUT2D eigenvalue weighted by atomic mass is 16.1. The minimum atomic E-state index is -0.383. The molecule has 0 aliphatic heterocycles. The number of carbonyl (C=O) groups excluding carboxylic acids is 1. The Balaban J connectivity index is 2.42. The van der Waals surface area contributed by atoms with Crippen LogP contribution in [0.1, 0.15) is 5.69 Å². The normalized spacial score (nSPS) is 10.5. The van der Waals surface area contributed by atoms with Gasteiger partial charge in [-0.05, 0) is 6.07 Å². The van der Waals surface area contributed by atoms with Crippen molar-refractivity contribution in [2.24, 2.45) is 5.73 Å². The third-order valence-electron chi connectivity index (χ3n) is 1.74. The van der Waals surface area contributed by atoms with Crippen molar-refractivity contribution < 1.29 is 4.79 Å². The molecule has 1 amide bonds. The molecule has 66 valence electrons. The zero-order chi connectivity index (χ0) is 9.26. The summed E-state index contributed by atoms with van der Waals surface area (Å²) in [5.74, 6) is -0.383. The van der Waals surface area contributed by atoms with Gasteiger partial charge in [0, 0.05) is 11.6 Å². The monoisotopic (exact) mass is 176 g/mol. The van der Waals surface area contributed by atoms with Crippen molar-refractivity contribution in [3.63, 3.8) is 0 Å². The van der Waals surface area contributed by atoms with Gasteiger partial charge in [0.15, 0.2) is 0 Å². The number of carbonyl (C=O) groups is 1. The van der Waals surface area contributed by atoms with Gasteiger partial charge >= 0.3 is 0 Å². The van der Waals surface area contributed by atoms with Crippen LogP contribution in [0.4, 0.5) is 0 Å². The van der Waals surface area contributed by atoms with Crippen LogP contribution in [0.25, 0.3) is 10.9 Å². The summed E-state index contributed by atoms with van der Waals surface area (Å²) in [5, 5.41) is 7.56.